The van der Waals surface area contributed by atoms with Crippen molar-refractivity contribution in [3.05, 3.63) is 42.0 Å². The van der Waals surface area contributed by atoms with E-state index in [1.165, 1.54) is 48.9 Å². The minimum atomic E-state index is -4.19. The van der Waals surface area contributed by atoms with Crippen molar-refractivity contribution in [2.24, 2.45) is 0 Å². The van der Waals surface area contributed by atoms with Gasteiger partial charge in [0.05, 0.1) is 31.4 Å². The summed E-state index contributed by atoms with van der Waals surface area (Å²) in [5.41, 5.74) is 0.175. The Labute approximate surface area is 177 Å². The van der Waals surface area contributed by atoms with Crippen molar-refractivity contribution in [2.45, 2.75) is 30.2 Å². The molecule has 2 aromatic carbocycles. The number of aliphatic hydroxyl groups excluding tert-OH is 1. The Kier molecular flexibility index (Phi) is 7.70. The lowest BCUT2D eigenvalue weighted by Crippen LogP contribution is -2.30. The van der Waals surface area contributed by atoms with E-state index in [1.54, 1.807) is 19.9 Å². The Morgan fingerprint density at radius 1 is 1.00 bits per heavy atom. The van der Waals surface area contributed by atoms with Gasteiger partial charge in [-0.3, -0.25) is 4.72 Å². The van der Waals surface area contributed by atoms with Crippen molar-refractivity contribution in [3.63, 3.8) is 0 Å². The third-order valence-electron chi connectivity index (χ3n) is 4.50. The Hall–Kier alpha value is -2.34. The maximum atomic E-state index is 13.0. The lowest BCUT2D eigenvalue weighted by Gasteiger charge is -2.20. The smallest absolute Gasteiger partial charge is 0.265 e. The second-order valence-corrected chi connectivity index (χ2v) is 9.75. The molecule has 0 saturated carbocycles. The molecule has 0 unspecified atom stereocenters. The first-order valence-electron chi connectivity index (χ1n) is 9.13. The van der Waals surface area contributed by atoms with Gasteiger partial charge in [-0.25, -0.2) is 16.8 Å². The molecular formula is C19H26N2O7S2. The zero-order valence-electron chi connectivity index (χ0n) is 17.2. The Morgan fingerprint density at radius 2 is 1.67 bits per heavy atom. The second-order valence-electron chi connectivity index (χ2n) is 6.16. The van der Waals surface area contributed by atoms with Crippen molar-refractivity contribution in [3.8, 4) is 11.5 Å². The molecular weight excluding hydrogens is 432 g/mol. The first-order chi connectivity index (χ1) is 14.2. The van der Waals surface area contributed by atoms with Crippen LogP contribution in [0.3, 0.4) is 0 Å². The number of hydrogen-bond donors (Lipinski definition) is 2. The maximum absolute atomic E-state index is 13.0. The molecule has 166 valence electrons. The molecule has 0 aliphatic carbocycles. The van der Waals surface area contributed by atoms with E-state index in [1.807, 2.05) is 0 Å². The van der Waals surface area contributed by atoms with Gasteiger partial charge in [-0.2, -0.15) is 4.31 Å². The normalized spacial score (nSPS) is 12.1. The molecule has 2 rings (SSSR count). The van der Waals surface area contributed by atoms with Gasteiger partial charge in [0.25, 0.3) is 10.0 Å². The highest BCUT2D eigenvalue weighted by Crippen LogP contribution is 2.35. The van der Waals surface area contributed by atoms with E-state index in [4.69, 9.17) is 9.47 Å². The molecule has 0 amide bonds. The van der Waals surface area contributed by atoms with Crippen LogP contribution in [-0.4, -0.2) is 53.6 Å². The van der Waals surface area contributed by atoms with Crippen molar-refractivity contribution in [2.75, 3.05) is 32.0 Å². The number of methoxy groups -OCH3 is 2. The Balaban J connectivity index is 2.57. The topological polar surface area (TPSA) is 122 Å². The molecule has 0 heterocycles. The molecule has 11 heteroatoms. The molecule has 2 N–H and O–H groups in total. The van der Waals surface area contributed by atoms with E-state index in [0.29, 0.717) is 0 Å². The zero-order chi connectivity index (χ0) is 22.5. The van der Waals surface area contributed by atoms with Crippen LogP contribution in [0.5, 0.6) is 11.5 Å². The summed E-state index contributed by atoms with van der Waals surface area (Å²) in [4.78, 5) is -0.274. The van der Waals surface area contributed by atoms with Gasteiger partial charge in [0.1, 0.15) is 4.90 Å². The number of nitrogens with one attached hydrogen (secondary N) is 1. The molecule has 0 aromatic heterocycles. The number of rotatable bonds is 10. The monoisotopic (exact) mass is 458 g/mol. The summed E-state index contributed by atoms with van der Waals surface area (Å²) in [6.07, 6.45) is 0. The highest BCUT2D eigenvalue weighted by Gasteiger charge is 2.26. The van der Waals surface area contributed by atoms with Gasteiger partial charge in [0.15, 0.2) is 11.5 Å². The number of sulfonamides is 2. The number of aliphatic hydroxyl groups is 1. The van der Waals surface area contributed by atoms with E-state index in [0.717, 1.165) is 0 Å². The Bertz CT molecular complexity index is 1100. The molecule has 0 fully saturated rings. The van der Waals surface area contributed by atoms with Crippen LogP contribution in [0.1, 0.15) is 19.4 Å². The molecule has 0 aliphatic heterocycles. The van der Waals surface area contributed by atoms with E-state index in [-0.39, 0.29) is 45.6 Å². The number of para-hydroxylation sites is 1. The molecule has 0 aliphatic rings. The SMILES string of the molecule is CCN(CC)S(=O)(=O)c1ccc(CO)c(NS(=O)(=O)c2cccc(OC)c2OC)c1. The second kappa shape index (κ2) is 9.65. The fourth-order valence-electron chi connectivity index (χ4n) is 2.93. The molecule has 0 saturated heterocycles. The fraction of sp³-hybridized carbons (Fsp3) is 0.368. The molecule has 9 nitrogen and oxygen atoms in total. The summed E-state index contributed by atoms with van der Waals surface area (Å²) in [5.74, 6) is 0.227. The minimum absolute atomic E-state index is 0.00460. The van der Waals surface area contributed by atoms with Gasteiger partial charge >= 0.3 is 0 Å². The zero-order valence-corrected chi connectivity index (χ0v) is 18.9. The molecule has 0 spiro atoms. The molecule has 0 atom stereocenters. The van der Waals surface area contributed by atoms with Crippen LogP contribution >= 0.6 is 0 Å². The Morgan fingerprint density at radius 3 is 2.20 bits per heavy atom. The van der Waals surface area contributed by atoms with Gasteiger partial charge in [0, 0.05) is 18.7 Å². The van der Waals surface area contributed by atoms with Crippen molar-refractivity contribution >= 4 is 25.7 Å². The average Bonchev–Trinajstić information content (AvgIpc) is 2.73. The van der Waals surface area contributed by atoms with E-state index in [9.17, 15) is 21.9 Å². The lowest BCUT2D eigenvalue weighted by atomic mass is 10.2. The first-order valence-corrected chi connectivity index (χ1v) is 12.1. The number of ether oxygens (including phenoxy) is 2. The van der Waals surface area contributed by atoms with Gasteiger partial charge in [0.2, 0.25) is 10.0 Å². The van der Waals surface area contributed by atoms with E-state index in [2.05, 4.69) is 4.72 Å². The van der Waals surface area contributed by atoms with Gasteiger partial charge in [-0.1, -0.05) is 26.0 Å². The first kappa shape index (κ1) is 23.9. The standard InChI is InChI=1S/C19H26N2O7S2/c1-5-21(6-2)30(25,26)15-11-10-14(13-22)16(12-15)20-29(23,24)18-9-7-8-17(27-3)19(18)28-4/h7-12,20,22H,5-6,13H2,1-4H3. The average molecular weight is 459 g/mol. The highest BCUT2D eigenvalue weighted by atomic mass is 32.2. The summed E-state index contributed by atoms with van der Waals surface area (Å²) in [6.45, 7) is 3.47. The summed E-state index contributed by atoms with van der Waals surface area (Å²) in [6, 6.07) is 8.28. The predicted molar refractivity (Wildman–Crippen MR) is 113 cm³/mol. The minimum Gasteiger partial charge on any atom is -0.493 e. The summed E-state index contributed by atoms with van der Waals surface area (Å²) in [7, 11) is -5.31. The number of benzene rings is 2. The summed E-state index contributed by atoms with van der Waals surface area (Å²) in [5, 5.41) is 9.62. The quantitative estimate of drug-likeness (QED) is 0.558. The third-order valence-corrected chi connectivity index (χ3v) is 7.93. The summed E-state index contributed by atoms with van der Waals surface area (Å²) < 4.78 is 65.7. The molecule has 0 bridgehead atoms. The summed E-state index contributed by atoms with van der Waals surface area (Å²) >= 11 is 0. The van der Waals surface area contributed by atoms with Gasteiger partial charge in [-0.05, 0) is 24.3 Å². The number of nitrogens with zero attached hydrogens (tertiary/aromatic N) is 1. The van der Waals surface area contributed by atoms with Crippen LogP contribution in [0, 0.1) is 0 Å². The van der Waals surface area contributed by atoms with Gasteiger partial charge in [-0.15, -0.1) is 0 Å². The highest BCUT2D eigenvalue weighted by molar-refractivity contribution is 7.92. The lowest BCUT2D eigenvalue weighted by molar-refractivity contribution is 0.282. The van der Waals surface area contributed by atoms with Crippen LogP contribution in [0.2, 0.25) is 0 Å². The van der Waals surface area contributed by atoms with Gasteiger partial charge < -0.3 is 14.6 Å². The fourth-order valence-corrected chi connectivity index (χ4v) is 5.69. The van der Waals surface area contributed by atoms with Crippen LogP contribution in [0.25, 0.3) is 0 Å². The third kappa shape index (κ3) is 4.69. The van der Waals surface area contributed by atoms with Crippen molar-refractivity contribution in [1.82, 2.24) is 4.31 Å². The molecule has 0 radical (unpaired) electrons. The van der Waals surface area contributed by atoms with Crippen LogP contribution in [-0.2, 0) is 26.7 Å². The largest absolute Gasteiger partial charge is 0.493 e. The maximum Gasteiger partial charge on any atom is 0.265 e. The molecule has 2 aromatic rings. The van der Waals surface area contributed by atoms with E-state index >= 15 is 0 Å². The van der Waals surface area contributed by atoms with Crippen LogP contribution in [0.15, 0.2) is 46.2 Å². The van der Waals surface area contributed by atoms with E-state index < -0.39 is 26.7 Å². The van der Waals surface area contributed by atoms with Crippen molar-refractivity contribution < 1.29 is 31.4 Å². The number of anilines is 1. The van der Waals surface area contributed by atoms with Crippen LogP contribution < -0.4 is 14.2 Å². The predicted octanol–water partition coefficient (Wildman–Crippen LogP) is 2.03. The van der Waals surface area contributed by atoms with Crippen LogP contribution in [0.4, 0.5) is 5.69 Å². The number of hydrogen-bond acceptors (Lipinski definition) is 7. The molecule has 30 heavy (non-hydrogen) atoms. The van der Waals surface area contributed by atoms with Crippen molar-refractivity contribution in [1.29, 1.82) is 0 Å².